The Kier molecular flexibility index (Phi) is 15.1. The number of guanidine groups is 1. The standard InChI is InChI=1S/C15H27N7O8.ClH/c16-7(2-1-3-19-15(17)18)12(27)20-5-10(24)21-8(4-11(25)26)13(28)22-9(6-23)14(29)30;/h7-9,23H,1-6,16H2,(H,20,27)(H,21,24)(H,22,28)(H,25,26)(H,29,30)(H4,17,18,19);1H/t7-,8-,9-;/m0./s1. The molecule has 12 N–H and O–H groups in total. The maximum absolute atomic E-state index is 12.0. The summed E-state index contributed by atoms with van der Waals surface area (Å²) in [5.41, 5.74) is 16.0. The van der Waals surface area contributed by atoms with Crippen LogP contribution in [0, 0.1) is 0 Å². The van der Waals surface area contributed by atoms with E-state index >= 15 is 0 Å². The molecular weight excluding hydrogens is 442 g/mol. The first-order chi connectivity index (χ1) is 14.0. The van der Waals surface area contributed by atoms with Crippen LogP contribution in [0.2, 0.25) is 0 Å². The number of amides is 3. The fourth-order valence-corrected chi connectivity index (χ4v) is 2.04. The number of aliphatic hydroxyl groups is 1. The average Bonchev–Trinajstić information content (AvgIpc) is 2.65. The minimum Gasteiger partial charge on any atom is -0.481 e. The first kappa shape index (κ1) is 30.0. The summed E-state index contributed by atoms with van der Waals surface area (Å²) in [6.45, 7) is -1.28. The van der Waals surface area contributed by atoms with Crippen molar-refractivity contribution >= 4 is 48.0 Å². The lowest BCUT2D eigenvalue weighted by molar-refractivity contribution is -0.144. The van der Waals surface area contributed by atoms with Gasteiger partial charge in [-0.05, 0) is 12.8 Å². The molecule has 31 heavy (non-hydrogen) atoms. The van der Waals surface area contributed by atoms with Crippen molar-refractivity contribution in [1.29, 1.82) is 0 Å². The molecule has 16 heteroatoms. The molecule has 0 aliphatic heterocycles. The van der Waals surface area contributed by atoms with Crippen molar-refractivity contribution in [2.45, 2.75) is 37.4 Å². The molecule has 0 heterocycles. The lowest BCUT2D eigenvalue weighted by Crippen LogP contribution is -2.55. The third-order valence-electron chi connectivity index (χ3n) is 3.56. The van der Waals surface area contributed by atoms with Gasteiger partial charge in [-0.15, -0.1) is 12.4 Å². The molecule has 0 rings (SSSR count). The Morgan fingerprint density at radius 2 is 1.58 bits per heavy atom. The average molecular weight is 470 g/mol. The van der Waals surface area contributed by atoms with E-state index in [0.29, 0.717) is 6.42 Å². The van der Waals surface area contributed by atoms with Gasteiger partial charge in [-0.25, -0.2) is 4.79 Å². The fraction of sp³-hybridized carbons (Fsp3) is 0.600. The van der Waals surface area contributed by atoms with Crippen LogP contribution in [0.4, 0.5) is 0 Å². The van der Waals surface area contributed by atoms with E-state index in [9.17, 15) is 24.0 Å². The highest BCUT2D eigenvalue weighted by Gasteiger charge is 2.28. The monoisotopic (exact) mass is 469 g/mol. The van der Waals surface area contributed by atoms with Crippen molar-refractivity contribution in [3.05, 3.63) is 0 Å². The molecule has 15 nitrogen and oxygen atoms in total. The van der Waals surface area contributed by atoms with Crippen LogP contribution in [-0.4, -0.2) is 88.8 Å². The molecule has 0 spiro atoms. The number of halogens is 1. The van der Waals surface area contributed by atoms with Crippen LogP contribution in [-0.2, 0) is 24.0 Å². The van der Waals surface area contributed by atoms with Gasteiger partial charge in [0.1, 0.15) is 12.1 Å². The Hall–Kier alpha value is -3.17. The number of nitrogens with one attached hydrogen (secondary N) is 3. The smallest absolute Gasteiger partial charge is 0.328 e. The number of aliphatic carboxylic acids is 2. The normalized spacial score (nSPS) is 12.8. The molecular formula is C15H28ClN7O8. The predicted octanol–water partition coefficient (Wildman–Crippen LogP) is -4.57. The van der Waals surface area contributed by atoms with E-state index in [1.807, 2.05) is 5.32 Å². The lowest BCUT2D eigenvalue weighted by Gasteiger charge is -2.19. The Labute approximate surface area is 183 Å². The molecule has 3 atom stereocenters. The van der Waals surface area contributed by atoms with Crippen LogP contribution in [0.5, 0.6) is 0 Å². The minimum absolute atomic E-state index is 0. The van der Waals surface area contributed by atoms with Gasteiger partial charge in [0.05, 0.1) is 25.6 Å². The van der Waals surface area contributed by atoms with Gasteiger partial charge >= 0.3 is 11.9 Å². The fourth-order valence-electron chi connectivity index (χ4n) is 2.04. The molecule has 0 fully saturated rings. The van der Waals surface area contributed by atoms with E-state index in [0.717, 1.165) is 0 Å². The van der Waals surface area contributed by atoms with Crippen molar-refractivity contribution in [1.82, 2.24) is 16.0 Å². The third kappa shape index (κ3) is 13.6. The van der Waals surface area contributed by atoms with E-state index in [1.165, 1.54) is 0 Å². The zero-order valence-electron chi connectivity index (χ0n) is 16.4. The minimum atomic E-state index is -1.68. The molecule has 0 aliphatic rings. The summed E-state index contributed by atoms with van der Waals surface area (Å²) >= 11 is 0. The van der Waals surface area contributed by atoms with E-state index in [-0.39, 0.29) is 31.3 Å². The van der Waals surface area contributed by atoms with Crippen molar-refractivity contribution in [3.63, 3.8) is 0 Å². The Morgan fingerprint density at radius 3 is 2.06 bits per heavy atom. The topological polar surface area (TPSA) is 273 Å². The number of rotatable bonds is 14. The molecule has 0 aromatic carbocycles. The van der Waals surface area contributed by atoms with Crippen LogP contribution in [0.25, 0.3) is 0 Å². The lowest BCUT2D eigenvalue weighted by atomic mass is 10.1. The van der Waals surface area contributed by atoms with Gasteiger partial charge in [0.15, 0.2) is 5.96 Å². The van der Waals surface area contributed by atoms with Gasteiger partial charge in [0.25, 0.3) is 0 Å². The maximum Gasteiger partial charge on any atom is 0.328 e. The number of aliphatic hydroxyl groups excluding tert-OH is 1. The van der Waals surface area contributed by atoms with Gasteiger partial charge in [-0.1, -0.05) is 0 Å². The van der Waals surface area contributed by atoms with Crippen LogP contribution in [0.1, 0.15) is 19.3 Å². The molecule has 0 saturated carbocycles. The number of hydrogen-bond donors (Lipinski definition) is 9. The summed E-state index contributed by atoms with van der Waals surface area (Å²) in [5.74, 6) is -5.80. The van der Waals surface area contributed by atoms with Crippen molar-refractivity contribution in [2.24, 2.45) is 22.2 Å². The van der Waals surface area contributed by atoms with E-state index < -0.39 is 67.4 Å². The van der Waals surface area contributed by atoms with Crippen molar-refractivity contribution in [2.75, 3.05) is 19.7 Å². The van der Waals surface area contributed by atoms with Gasteiger partial charge in [-0.3, -0.25) is 24.2 Å². The van der Waals surface area contributed by atoms with E-state index in [1.54, 1.807) is 0 Å². The summed E-state index contributed by atoms with van der Waals surface area (Å²) < 4.78 is 0. The highest BCUT2D eigenvalue weighted by Crippen LogP contribution is 1.97. The number of carbonyl (C=O) groups excluding carboxylic acids is 3. The predicted molar refractivity (Wildman–Crippen MR) is 109 cm³/mol. The summed E-state index contributed by atoms with van der Waals surface area (Å²) in [6.07, 6.45) is -0.214. The first-order valence-corrected chi connectivity index (χ1v) is 8.71. The van der Waals surface area contributed by atoms with E-state index in [4.69, 9.17) is 32.5 Å². The molecule has 0 unspecified atom stereocenters. The second kappa shape index (κ2) is 15.6. The number of carboxylic acids is 2. The van der Waals surface area contributed by atoms with Crippen LogP contribution < -0.4 is 33.2 Å². The summed E-state index contributed by atoms with van der Waals surface area (Å²) in [7, 11) is 0. The zero-order chi connectivity index (χ0) is 23.3. The Morgan fingerprint density at radius 1 is 0.968 bits per heavy atom. The van der Waals surface area contributed by atoms with Gasteiger partial charge < -0.3 is 48.5 Å². The molecule has 0 radical (unpaired) electrons. The summed E-state index contributed by atoms with van der Waals surface area (Å²) in [6, 6.07) is -4.26. The van der Waals surface area contributed by atoms with Crippen LogP contribution in [0.3, 0.4) is 0 Å². The quantitative estimate of drug-likeness (QED) is 0.0662. The second-order valence-electron chi connectivity index (χ2n) is 6.07. The van der Waals surface area contributed by atoms with Gasteiger partial charge in [-0.2, -0.15) is 0 Å². The van der Waals surface area contributed by atoms with Crippen molar-refractivity contribution < 1.29 is 39.3 Å². The summed E-state index contributed by atoms with van der Waals surface area (Å²) in [5, 5.41) is 32.8. The van der Waals surface area contributed by atoms with Crippen LogP contribution in [0.15, 0.2) is 4.99 Å². The molecule has 0 saturated heterocycles. The number of nitrogens with two attached hydrogens (primary N) is 3. The number of carboxylic acid groups (broad SMARTS) is 2. The third-order valence-corrected chi connectivity index (χ3v) is 3.56. The molecule has 0 aliphatic carbocycles. The first-order valence-electron chi connectivity index (χ1n) is 8.71. The second-order valence-corrected chi connectivity index (χ2v) is 6.07. The largest absolute Gasteiger partial charge is 0.481 e. The highest BCUT2D eigenvalue weighted by molar-refractivity contribution is 5.94. The Bertz CT molecular complexity index is 672. The molecule has 0 bridgehead atoms. The molecule has 178 valence electrons. The number of aliphatic imine (C=N–C) groups is 1. The SMILES string of the molecule is Cl.NC(N)=NCCC[C@H](N)C(=O)NCC(=O)N[C@@H](CC(=O)O)C(=O)N[C@@H](CO)C(=O)O. The summed E-state index contributed by atoms with van der Waals surface area (Å²) in [4.78, 5) is 61.3. The number of carbonyl (C=O) groups is 5. The zero-order valence-corrected chi connectivity index (χ0v) is 17.3. The van der Waals surface area contributed by atoms with Crippen LogP contribution >= 0.6 is 12.4 Å². The maximum atomic E-state index is 12.0. The number of hydrogen-bond acceptors (Lipinski definition) is 8. The Balaban J connectivity index is 0. The molecule has 3 amide bonds. The number of nitrogens with zero attached hydrogens (tertiary/aromatic N) is 1. The highest BCUT2D eigenvalue weighted by atomic mass is 35.5. The van der Waals surface area contributed by atoms with E-state index in [2.05, 4.69) is 15.6 Å². The molecule has 0 aromatic rings. The van der Waals surface area contributed by atoms with Gasteiger partial charge in [0, 0.05) is 6.54 Å². The van der Waals surface area contributed by atoms with Crippen molar-refractivity contribution in [3.8, 4) is 0 Å². The van der Waals surface area contributed by atoms with Gasteiger partial charge in [0.2, 0.25) is 17.7 Å². The molecule has 0 aromatic heterocycles.